The Morgan fingerprint density at radius 2 is 1.93 bits per heavy atom. The van der Waals surface area contributed by atoms with Crippen LogP contribution >= 0.6 is 11.6 Å². The largest absolute Gasteiger partial charge is 0.360 e. The van der Waals surface area contributed by atoms with Gasteiger partial charge in [-0.05, 0) is 37.6 Å². The van der Waals surface area contributed by atoms with Crippen LogP contribution in [0.1, 0.15) is 32.9 Å². The van der Waals surface area contributed by atoms with Crippen molar-refractivity contribution in [1.29, 1.82) is 5.26 Å². The van der Waals surface area contributed by atoms with E-state index in [1.165, 1.54) is 0 Å². The van der Waals surface area contributed by atoms with Crippen LogP contribution in [0.4, 0.5) is 0 Å². The highest BCUT2D eigenvalue weighted by molar-refractivity contribution is 6.31. The van der Waals surface area contributed by atoms with E-state index >= 15 is 0 Å². The van der Waals surface area contributed by atoms with Crippen molar-refractivity contribution in [2.75, 3.05) is 0 Å². The first-order valence-corrected chi connectivity index (χ1v) is 9.87. The topological polar surface area (TPSA) is 74.5 Å². The number of nitrogens with one attached hydrogen (secondary N) is 1. The average Bonchev–Trinajstić information content (AvgIpc) is 3.29. The fraction of sp³-hybridized carbons (Fsp3) is 0.125. The van der Waals surface area contributed by atoms with Gasteiger partial charge in [0.25, 0.3) is 0 Å². The number of carbonyl (C=O) groups excluding carboxylic acids is 1. The van der Waals surface area contributed by atoms with Gasteiger partial charge in [-0.25, -0.2) is 0 Å². The number of halogens is 1. The molecular formula is C24H19ClN4O. The highest BCUT2D eigenvalue weighted by Crippen LogP contribution is 2.24. The van der Waals surface area contributed by atoms with E-state index in [4.69, 9.17) is 11.6 Å². The minimum Gasteiger partial charge on any atom is -0.360 e. The van der Waals surface area contributed by atoms with Gasteiger partial charge < -0.3 is 4.98 Å². The van der Waals surface area contributed by atoms with Gasteiger partial charge in [-0.15, -0.1) is 0 Å². The maximum Gasteiger partial charge on any atom is 0.205 e. The number of nitrogens with zero attached hydrogens (tertiary/aromatic N) is 3. The van der Waals surface area contributed by atoms with Crippen molar-refractivity contribution in [2.24, 2.45) is 0 Å². The zero-order chi connectivity index (χ0) is 21.3. The van der Waals surface area contributed by atoms with Gasteiger partial charge in [0, 0.05) is 38.9 Å². The summed E-state index contributed by atoms with van der Waals surface area (Å²) in [6, 6.07) is 17.2. The Balaban J connectivity index is 1.71. The van der Waals surface area contributed by atoms with Crippen LogP contribution < -0.4 is 0 Å². The standard InChI is InChI=1S/C24H19ClN4O/c1-15-20(16(2)29(28-15)14-17-7-3-5-9-22(17)25)11-18(12-26)24(30)21-13-27-23-10-6-4-8-19(21)23/h3-11,13,27H,14H2,1-2H3/b18-11+. The number of benzene rings is 2. The molecule has 4 rings (SSSR count). The van der Waals surface area contributed by atoms with E-state index in [2.05, 4.69) is 16.2 Å². The molecule has 2 aromatic heterocycles. The number of para-hydroxylation sites is 1. The summed E-state index contributed by atoms with van der Waals surface area (Å²) in [5, 5.41) is 15.8. The second-order valence-electron chi connectivity index (χ2n) is 7.08. The first-order valence-electron chi connectivity index (χ1n) is 9.49. The molecule has 148 valence electrons. The van der Waals surface area contributed by atoms with E-state index in [-0.39, 0.29) is 11.4 Å². The molecule has 2 heterocycles. The molecule has 0 saturated carbocycles. The van der Waals surface area contributed by atoms with E-state index in [9.17, 15) is 10.1 Å². The second kappa shape index (κ2) is 8.02. The number of aryl methyl sites for hydroxylation is 1. The number of H-pyrrole nitrogens is 1. The minimum absolute atomic E-state index is 0.0725. The number of ketones is 1. The van der Waals surface area contributed by atoms with Crippen molar-refractivity contribution in [3.05, 3.63) is 93.4 Å². The van der Waals surface area contributed by atoms with E-state index in [1.54, 1.807) is 12.3 Å². The van der Waals surface area contributed by atoms with Gasteiger partial charge in [-0.3, -0.25) is 9.48 Å². The van der Waals surface area contributed by atoms with Gasteiger partial charge in [0.2, 0.25) is 5.78 Å². The molecule has 0 aliphatic carbocycles. The fourth-order valence-electron chi connectivity index (χ4n) is 3.56. The normalized spacial score (nSPS) is 11.6. The minimum atomic E-state index is -0.312. The van der Waals surface area contributed by atoms with Crippen LogP contribution in [0, 0.1) is 25.2 Å². The summed E-state index contributed by atoms with van der Waals surface area (Å²) in [6.07, 6.45) is 3.28. The highest BCUT2D eigenvalue weighted by atomic mass is 35.5. The van der Waals surface area contributed by atoms with Crippen LogP contribution in [0.3, 0.4) is 0 Å². The summed E-state index contributed by atoms with van der Waals surface area (Å²) >= 11 is 6.28. The number of aromatic nitrogens is 3. The highest BCUT2D eigenvalue weighted by Gasteiger charge is 2.19. The number of hydrogen-bond acceptors (Lipinski definition) is 3. The molecule has 0 radical (unpaired) electrons. The van der Waals surface area contributed by atoms with Crippen LogP contribution in [0.2, 0.25) is 5.02 Å². The number of fused-ring (bicyclic) bond motifs is 1. The number of nitriles is 1. The molecule has 2 aromatic carbocycles. The fourth-order valence-corrected chi connectivity index (χ4v) is 3.75. The summed E-state index contributed by atoms with van der Waals surface area (Å²) in [7, 11) is 0. The molecule has 0 aliphatic heterocycles. The molecule has 0 atom stereocenters. The van der Waals surface area contributed by atoms with Crippen LogP contribution in [0.15, 0.2) is 60.3 Å². The van der Waals surface area contributed by atoms with E-state index in [0.29, 0.717) is 17.1 Å². The first kappa shape index (κ1) is 19.7. The van der Waals surface area contributed by atoms with Crippen LogP contribution in [0.25, 0.3) is 17.0 Å². The monoisotopic (exact) mass is 414 g/mol. The molecule has 0 spiro atoms. The molecule has 0 fully saturated rings. The lowest BCUT2D eigenvalue weighted by atomic mass is 10.0. The zero-order valence-corrected chi connectivity index (χ0v) is 17.4. The molecule has 6 heteroatoms. The zero-order valence-electron chi connectivity index (χ0n) is 16.6. The second-order valence-corrected chi connectivity index (χ2v) is 7.49. The third kappa shape index (κ3) is 3.54. The molecule has 1 N–H and O–H groups in total. The molecule has 0 saturated heterocycles. The van der Waals surface area contributed by atoms with Crippen molar-refractivity contribution in [3.63, 3.8) is 0 Å². The Bertz CT molecular complexity index is 1340. The summed E-state index contributed by atoms with van der Waals surface area (Å²) in [4.78, 5) is 16.1. The van der Waals surface area contributed by atoms with Crippen molar-refractivity contribution >= 4 is 34.4 Å². The van der Waals surface area contributed by atoms with Gasteiger partial charge in [-0.1, -0.05) is 48.0 Å². The summed E-state index contributed by atoms with van der Waals surface area (Å²) < 4.78 is 1.84. The Morgan fingerprint density at radius 3 is 2.70 bits per heavy atom. The Hall–Kier alpha value is -3.62. The molecule has 0 amide bonds. The summed E-state index contributed by atoms with van der Waals surface area (Å²) in [6.45, 7) is 4.30. The van der Waals surface area contributed by atoms with Gasteiger partial charge in [0.1, 0.15) is 11.6 Å². The summed E-state index contributed by atoms with van der Waals surface area (Å²) in [5.74, 6) is -0.312. The number of rotatable bonds is 5. The SMILES string of the molecule is Cc1nn(Cc2ccccc2Cl)c(C)c1/C=C(\C#N)C(=O)c1c[nH]c2ccccc12. The van der Waals surface area contributed by atoms with Crippen LogP contribution in [-0.4, -0.2) is 20.5 Å². The maximum absolute atomic E-state index is 13.1. The lowest BCUT2D eigenvalue weighted by molar-refractivity contribution is 0.104. The lowest BCUT2D eigenvalue weighted by Gasteiger charge is -2.07. The van der Waals surface area contributed by atoms with Gasteiger partial charge in [-0.2, -0.15) is 10.4 Å². The number of Topliss-reactive ketones (excluding diaryl/α,β-unsaturated/α-hetero) is 1. The lowest BCUT2D eigenvalue weighted by Crippen LogP contribution is -2.05. The molecule has 5 nitrogen and oxygen atoms in total. The first-order chi connectivity index (χ1) is 14.5. The van der Waals surface area contributed by atoms with Gasteiger partial charge in [0.15, 0.2) is 0 Å². The van der Waals surface area contributed by atoms with Gasteiger partial charge >= 0.3 is 0 Å². The maximum atomic E-state index is 13.1. The van der Waals surface area contributed by atoms with Crippen molar-refractivity contribution in [3.8, 4) is 6.07 Å². The number of allylic oxidation sites excluding steroid dienone is 1. The van der Waals surface area contributed by atoms with Crippen molar-refractivity contribution in [1.82, 2.24) is 14.8 Å². The molecule has 30 heavy (non-hydrogen) atoms. The number of aromatic amines is 1. The molecule has 0 unspecified atom stereocenters. The van der Waals surface area contributed by atoms with E-state index < -0.39 is 0 Å². The third-order valence-corrected chi connectivity index (χ3v) is 5.57. The molecule has 0 bridgehead atoms. The average molecular weight is 415 g/mol. The van der Waals surface area contributed by atoms with Crippen LogP contribution in [-0.2, 0) is 6.54 Å². The smallest absolute Gasteiger partial charge is 0.205 e. The number of carbonyl (C=O) groups is 1. The van der Waals surface area contributed by atoms with Gasteiger partial charge in [0.05, 0.1) is 12.2 Å². The Morgan fingerprint density at radius 1 is 1.20 bits per heavy atom. The predicted molar refractivity (Wildman–Crippen MR) is 118 cm³/mol. The Kier molecular flexibility index (Phi) is 5.26. The quantitative estimate of drug-likeness (QED) is 0.267. The van der Waals surface area contributed by atoms with Crippen LogP contribution in [0.5, 0.6) is 0 Å². The molecular weight excluding hydrogens is 396 g/mol. The molecule has 0 aliphatic rings. The summed E-state index contributed by atoms with van der Waals surface area (Å²) in [5.41, 5.74) is 4.76. The van der Waals surface area contributed by atoms with E-state index in [0.717, 1.165) is 33.4 Å². The third-order valence-electron chi connectivity index (χ3n) is 5.20. The van der Waals surface area contributed by atoms with Crippen molar-refractivity contribution in [2.45, 2.75) is 20.4 Å². The number of hydrogen-bond donors (Lipinski definition) is 1. The van der Waals surface area contributed by atoms with Crippen molar-refractivity contribution < 1.29 is 4.79 Å². The molecule has 4 aromatic rings. The predicted octanol–water partition coefficient (Wildman–Crippen LogP) is 5.47. The van der Waals surface area contributed by atoms with E-state index in [1.807, 2.05) is 67.1 Å². The Labute approximate surface area is 179 Å².